The molecule has 1 unspecified atom stereocenters. The highest BCUT2D eigenvalue weighted by Gasteiger charge is 2.29. The van der Waals surface area contributed by atoms with E-state index in [4.69, 9.17) is 11.6 Å². The lowest BCUT2D eigenvalue weighted by molar-refractivity contribution is 0.110. The zero-order chi connectivity index (χ0) is 19.5. The fourth-order valence-corrected chi connectivity index (χ4v) is 3.92. The summed E-state index contributed by atoms with van der Waals surface area (Å²) in [6.07, 6.45) is 2.00. The number of likely N-dealkylation sites (N-methyl/N-ethyl adjacent to an activating group) is 1. The summed E-state index contributed by atoms with van der Waals surface area (Å²) in [7, 11) is 2.08. The Kier molecular flexibility index (Phi) is 5.50. The van der Waals surface area contributed by atoms with Crippen molar-refractivity contribution in [3.8, 4) is 0 Å². The molecule has 1 saturated heterocycles. The average Bonchev–Trinajstić information content (AvgIpc) is 3.11. The van der Waals surface area contributed by atoms with Crippen molar-refractivity contribution in [1.82, 2.24) is 24.9 Å². The second kappa shape index (κ2) is 8.20. The van der Waals surface area contributed by atoms with Gasteiger partial charge in [0.1, 0.15) is 0 Å². The molecule has 146 valence electrons. The molecule has 1 fully saturated rings. The number of carbonyl (C=O) groups is 1. The quantitative estimate of drug-likeness (QED) is 0.734. The molecule has 6 nitrogen and oxygen atoms in total. The van der Waals surface area contributed by atoms with E-state index in [0.717, 1.165) is 28.0 Å². The number of piperazine rings is 1. The Bertz CT molecular complexity index is 939. The summed E-state index contributed by atoms with van der Waals surface area (Å²) in [5, 5.41) is 9.40. The Labute approximate surface area is 169 Å². The number of nitrogens with one attached hydrogen (secondary N) is 1. The third kappa shape index (κ3) is 3.98. The van der Waals surface area contributed by atoms with Crippen molar-refractivity contribution in [3.05, 3.63) is 65.3 Å². The number of hydrogen-bond acceptors (Lipinski definition) is 3. The van der Waals surface area contributed by atoms with Crippen molar-refractivity contribution in [1.29, 1.82) is 0 Å². The largest absolute Gasteiger partial charge is 0.336 e. The Morgan fingerprint density at radius 3 is 2.79 bits per heavy atom. The van der Waals surface area contributed by atoms with Crippen LogP contribution in [0.5, 0.6) is 0 Å². The van der Waals surface area contributed by atoms with Crippen LogP contribution in [0.1, 0.15) is 11.6 Å². The van der Waals surface area contributed by atoms with Gasteiger partial charge in [0.2, 0.25) is 0 Å². The first-order chi connectivity index (χ1) is 13.6. The topological polar surface area (TPSA) is 53.4 Å². The van der Waals surface area contributed by atoms with Crippen LogP contribution in [0, 0.1) is 0 Å². The lowest BCUT2D eigenvalue weighted by Gasteiger charge is -2.39. The molecule has 2 amide bonds. The van der Waals surface area contributed by atoms with Crippen LogP contribution < -0.4 is 5.32 Å². The molecule has 28 heavy (non-hydrogen) atoms. The van der Waals surface area contributed by atoms with Crippen molar-refractivity contribution in [2.45, 2.75) is 12.6 Å². The monoisotopic (exact) mass is 397 g/mol. The number of fused-ring (bicyclic) bond motifs is 1. The number of amides is 2. The van der Waals surface area contributed by atoms with Gasteiger partial charge >= 0.3 is 6.03 Å². The fourth-order valence-electron chi connectivity index (χ4n) is 3.66. The van der Waals surface area contributed by atoms with Crippen LogP contribution in [0.3, 0.4) is 0 Å². The maximum atomic E-state index is 12.7. The normalized spacial score (nSPS) is 17.8. The molecule has 0 aliphatic carbocycles. The molecular weight excluding hydrogens is 374 g/mol. The van der Waals surface area contributed by atoms with E-state index in [1.165, 1.54) is 0 Å². The van der Waals surface area contributed by atoms with Crippen LogP contribution in [-0.2, 0) is 6.54 Å². The number of nitrogens with zero attached hydrogens (tertiary/aromatic N) is 4. The minimum Gasteiger partial charge on any atom is -0.336 e. The highest BCUT2D eigenvalue weighted by Crippen LogP contribution is 2.29. The van der Waals surface area contributed by atoms with Gasteiger partial charge in [-0.2, -0.15) is 5.10 Å². The first-order valence-corrected chi connectivity index (χ1v) is 9.89. The predicted molar refractivity (Wildman–Crippen MR) is 112 cm³/mol. The van der Waals surface area contributed by atoms with E-state index < -0.39 is 0 Å². The molecule has 1 atom stereocenters. The van der Waals surface area contributed by atoms with Gasteiger partial charge in [0.05, 0.1) is 18.1 Å². The second-order valence-electron chi connectivity index (χ2n) is 7.15. The van der Waals surface area contributed by atoms with Gasteiger partial charge in [-0.15, -0.1) is 0 Å². The lowest BCUT2D eigenvalue weighted by atomic mass is 10.0. The van der Waals surface area contributed by atoms with E-state index in [0.29, 0.717) is 26.2 Å². The van der Waals surface area contributed by atoms with Crippen molar-refractivity contribution >= 4 is 28.5 Å². The first kappa shape index (κ1) is 18.8. The highest BCUT2D eigenvalue weighted by molar-refractivity contribution is 6.31. The van der Waals surface area contributed by atoms with E-state index >= 15 is 0 Å². The van der Waals surface area contributed by atoms with Crippen LogP contribution in [0.15, 0.2) is 54.7 Å². The number of hydrogen-bond donors (Lipinski definition) is 1. The Morgan fingerprint density at radius 1 is 1.18 bits per heavy atom. The van der Waals surface area contributed by atoms with Gasteiger partial charge < -0.3 is 10.2 Å². The second-order valence-corrected chi connectivity index (χ2v) is 7.55. The van der Waals surface area contributed by atoms with Crippen LogP contribution in [0.4, 0.5) is 4.79 Å². The van der Waals surface area contributed by atoms with Crippen LogP contribution in [0.2, 0.25) is 5.02 Å². The molecule has 0 saturated carbocycles. The number of carbonyl (C=O) groups excluding carboxylic acids is 1. The van der Waals surface area contributed by atoms with Crippen LogP contribution in [0.25, 0.3) is 10.9 Å². The summed E-state index contributed by atoms with van der Waals surface area (Å²) in [6, 6.07) is 15.9. The van der Waals surface area contributed by atoms with Gasteiger partial charge in [0.25, 0.3) is 0 Å². The lowest BCUT2D eigenvalue weighted by Crippen LogP contribution is -2.52. The number of benzene rings is 2. The molecule has 0 bridgehead atoms. The van der Waals surface area contributed by atoms with E-state index in [1.54, 1.807) is 0 Å². The number of urea groups is 1. The fraction of sp³-hybridized carbons (Fsp3) is 0.333. The standard InChI is InChI=1S/C21H24ClN5O/c1-25-12-13-26(15-20(25)17-7-3-4-8-18(17)22)21(28)23-10-11-27-14-16-6-2-5-9-19(16)24-27/h2-9,14,20H,10-13,15H2,1H3,(H,23,28). The maximum absolute atomic E-state index is 12.7. The van der Waals surface area contributed by atoms with Crippen molar-refractivity contribution in [2.75, 3.05) is 33.2 Å². The smallest absolute Gasteiger partial charge is 0.317 e. The maximum Gasteiger partial charge on any atom is 0.317 e. The molecular formula is C21H24ClN5O. The molecule has 1 aliphatic heterocycles. The highest BCUT2D eigenvalue weighted by atomic mass is 35.5. The van der Waals surface area contributed by atoms with Crippen molar-refractivity contribution in [3.63, 3.8) is 0 Å². The summed E-state index contributed by atoms with van der Waals surface area (Å²) in [5.74, 6) is 0. The molecule has 0 radical (unpaired) electrons. The predicted octanol–water partition coefficient (Wildman–Crippen LogP) is 3.39. The van der Waals surface area contributed by atoms with Gasteiger partial charge in [0, 0.05) is 42.8 Å². The molecule has 4 rings (SSSR count). The summed E-state index contributed by atoms with van der Waals surface area (Å²) in [6.45, 7) is 3.32. The third-order valence-corrected chi connectivity index (χ3v) is 5.62. The van der Waals surface area contributed by atoms with E-state index in [9.17, 15) is 4.79 Å². The molecule has 1 aromatic heterocycles. The minimum atomic E-state index is -0.0399. The molecule has 2 heterocycles. The molecule has 1 aliphatic rings. The summed E-state index contributed by atoms with van der Waals surface area (Å²) < 4.78 is 1.88. The van der Waals surface area contributed by atoms with Crippen LogP contribution in [-0.4, -0.2) is 58.8 Å². The van der Waals surface area contributed by atoms with Crippen molar-refractivity contribution < 1.29 is 4.79 Å². The Balaban J connectivity index is 1.34. The molecule has 2 aromatic carbocycles. The van der Waals surface area contributed by atoms with Gasteiger partial charge in [-0.1, -0.05) is 48.0 Å². The summed E-state index contributed by atoms with van der Waals surface area (Å²) >= 11 is 6.38. The molecule has 0 spiro atoms. The van der Waals surface area contributed by atoms with Gasteiger partial charge in [-0.25, -0.2) is 4.79 Å². The number of halogens is 1. The number of aromatic nitrogens is 2. The zero-order valence-electron chi connectivity index (χ0n) is 15.9. The molecule has 1 N–H and O–H groups in total. The van der Waals surface area contributed by atoms with E-state index in [2.05, 4.69) is 22.4 Å². The third-order valence-electron chi connectivity index (χ3n) is 5.28. The molecule has 3 aromatic rings. The minimum absolute atomic E-state index is 0.0399. The zero-order valence-corrected chi connectivity index (χ0v) is 16.6. The van der Waals surface area contributed by atoms with Crippen LogP contribution >= 0.6 is 11.6 Å². The van der Waals surface area contributed by atoms with E-state index in [1.807, 2.05) is 64.3 Å². The SMILES string of the molecule is CN1CCN(C(=O)NCCn2cc3ccccc3n2)CC1c1ccccc1Cl. The average molecular weight is 398 g/mol. The van der Waals surface area contributed by atoms with Gasteiger partial charge in [0.15, 0.2) is 0 Å². The summed E-state index contributed by atoms with van der Waals surface area (Å²) in [5.41, 5.74) is 2.03. The van der Waals surface area contributed by atoms with Crippen molar-refractivity contribution in [2.24, 2.45) is 0 Å². The van der Waals surface area contributed by atoms with E-state index in [-0.39, 0.29) is 12.1 Å². The summed E-state index contributed by atoms with van der Waals surface area (Å²) in [4.78, 5) is 16.8. The number of rotatable bonds is 4. The Hall–Kier alpha value is -2.57. The Morgan fingerprint density at radius 2 is 1.96 bits per heavy atom. The van der Waals surface area contributed by atoms with Gasteiger partial charge in [-0.05, 0) is 24.7 Å². The molecule has 7 heteroatoms. The first-order valence-electron chi connectivity index (χ1n) is 9.51. The van der Waals surface area contributed by atoms with Gasteiger partial charge in [-0.3, -0.25) is 9.58 Å².